The third-order valence-electron chi connectivity index (χ3n) is 3.72. The highest BCUT2D eigenvalue weighted by Crippen LogP contribution is 2.12. The molecule has 0 aliphatic carbocycles. The van der Waals surface area contributed by atoms with Gasteiger partial charge in [0.15, 0.2) is 0 Å². The van der Waals surface area contributed by atoms with Crippen molar-refractivity contribution in [1.29, 1.82) is 0 Å². The lowest BCUT2D eigenvalue weighted by atomic mass is 10.1. The highest BCUT2D eigenvalue weighted by molar-refractivity contribution is 5.79. The number of piperazine rings is 1. The SMILES string of the molecule is CCC(C)N1CCN(C(CC)C(N)=O)CC1. The summed E-state index contributed by atoms with van der Waals surface area (Å²) in [4.78, 5) is 16.0. The number of carbonyl (C=O) groups is 1. The predicted octanol–water partition coefficient (Wildman–Crippen LogP) is 0.666. The second kappa shape index (κ2) is 6.21. The van der Waals surface area contributed by atoms with Crippen LogP contribution in [0.5, 0.6) is 0 Å². The Balaban J connectivity index is 2.44. The molecule has 4 heteroatoms. The molecule has 1 amide bonds. The van der Waals surface area contributed by atoms with Crippen LogP contribution < -0.4 is 5.73 Å². The fourth-order valence-electron chi connectivity index (χ4n) is 2.39. The molecule has 0 aromatic carbocycles. The van der Waals surface area contributed by atoms with Gasteiger partial charge in [-0.25, -0.2) is 0 Å². The van der Waals surface area contributed by atoms with Crippen LogP contribution in [0, 0.1) is 0 Å². The van der Waals surface area contributed by atoms with Crippen molar-refractivity contribution in [3.8, 4) is 0 Å². The van der Waals surface area contributed by atoms with E-state index < -0.39 is 0 Å². The molecule has 0 radical (unpaired) electrons. The van der Waals surface area contributed by atoms with Gasteiger partial charge in [-0.05, 0) is 19.8 Å². The van der Waals surface area contributed by atoms with Gasteiger partial charge in [-0.1, -0.05) is 13.8 Å². The third-order valence-corrected chi connectivity index (χ3v) is 3.72. The molecule has 0 aromatic heterocycles. The normalized spacial score (nSPS) is 22.9. The lowest BCUT2D eigenvalue weighted by Gasteiger charge is -2.40. The minimum absolute atomic E-state index is 0.0703. The second-order valence-corrected chi connectivity index (χ2v) is 4.66. The minimum Gasteiger partial charge on any atom is -0.368 e. The smallest absolute Gasteiger partial charge is 0.234 e. The Kier molecular flexibility index (Phi) is 5.22. The van der Waals surface area contributed by atoms with Crippen LogP contribution >= 0.6 is 0 Å². The van der Waals surface area contributed by atoms with Crippen LogP contribution in [0.25, 0.3) is 0 Å². The molecule has 2 unspecified atom stereocenters. The lowest BCUT2D eigenvalue weighted by molar-refractivity contribution is -0.124. The monoisotopic (exact) mass is 227 g/mol. The van der Waals surface area contributed by atoms with Crippen molar-refractivity contribution in [3.05, 3.63) is 0 Å². The van der Waals surface area contributed by atoms with Gasteiger partial charge in [0.25, 0.3) is 0 Å². The van der Waals surface area contributed by atoms with Crippen molar-refractivity contribution < 1.29 is 4.79 Å². The van der Waals surface area contributed by atoms with Gasteiger partial charge < -0.3 is 5.73 Å². The molecule has 0 aromatic rings. The molecule has 2 atom stereocenters. The van der Waals surface area contributed by atoms with Crippen LogP contribution in [0.4, 0.5) is 0 Å². The van der Waals surface area contributed by atoms with E-state index in [1.807, 2.05) is 6.92 Å². The van der Waals surface area contributed by atoms with Crippen LogP contribution in [0.3, 0.4) is 0 Å². The van der Waals surface area contributed by atoms with Gasteiger partial charge >= 0.3 is 0 Å². The first-order valence-electron chi connectivity index (χ1n) is 6.37. The summed E-state index contributed by atoms with van der Waals surface area (Å²) in [6.45, 7) is 10.5. The molecule has 94 valence electrons. The van der Waals surface area contributed by atoms with E-state index in [2.05, 4.69) is 23.6 Å². The Hall–Kier alpha value is -0.610. The maximum atomic E-state index is 11.3. The molecule has 1 aliphatic heterocycles. The van der Waals surface area contributed by atoms with Crippen molar-refractivity contribution in [1.82, 2.24) is 9.80 Å². The molecule has 16 heavy (non-hydrogen) atoms. The Bertz CT molecular complexity index is 224. The number of rotatable bonds is 5. The predicted molar refractivity (Wildman–Crippen MR) is 66.2 cm³/mol. The Morgan fingerprint density at radius 1 is 1.12 bits per heavy atom. The number of primary amides is 1. The first kappa shape index (κ1) is 13.5. The third kappa shape index (κ3) is 3.19. The van der Waals surface area contributed by atoms with Gasteiger partial charge in [-0.2, -0.15) is 0 Å². The van der Waals surface area contributed by atoms with Gasteiger partial charge in [0.2, 0.25) is 5.91 Å². The van der Waals surface area contributed by atoms with Crippen molar-refractivity contribution >= 4 is 5.91 Å². The van der Waals surface area contributed by atoms with E-state index in [0.717, 1.165) is 32.6 Å². The summed E-state index contributed by atoms with van der Waals surface area (Å²) in [5.74, 6) is -0.181. The minimum atomic E-state index is -0.181. The zero-order valence-corrected chi connectivity index (χ0v) is 10.8. The van der Waals surface area contributed by atoms with E-state index in [1.165, 1.54) is 6.42 Å². The van der Waals surface area contributed by atoms with Gasteiger partial charge in [0, 0.05) is 32.2 Å². The topological polar surface area (TPSA) is 49.6 Å². The largest absolute Gasteiger partial charge is 0.368 e. The van der Waals surface area contributed by atoms with E-state index in [0.29, 0.717) is 6.04 Å². The maximum absolute atomic E-state index is 11.3. The first-order valence-corrected chi connectivity index (χ1v) is 6.37. The first-order chi connectivity index (χ1) is 7.60. The van der Waals surface area contributed by atoms with E-state index in [-0.39, 0.29) is 11.9 Å². The van der Waals surface area contributed by atoms with Crippen LogP contribution in [0.15, 0.2) is 0 Å². The number of nitrogens with two attached hydrogens (primary N) is 1. The molecule has 1 aliphatic rings. The maximum Gasteiger partial charge on any atom is 0.234 e. The number of carbonyl (C=O) groups excluding carboxylic acids is 1. The van der Waals surface area contributed by atoms with Gasteiger partial charge in [0.05, 0.1) is 6.04 Å². The molecular formula is C12H25N3O. The van der Waals surface area contributed by atoms with E-state index >= 15 is 0 Å². The Labute approximate surface area is 98.8 Å². The molecule has 0 spiro atoms. The summed E-state index contributed by atoms with van der Waals surface area (Å²) in [6.07, 6.45) is 2.01. The van der Waals surface area contributed by atoms with Crippen LogP contribution in [-0.4, -0.2) is 54.0 Å². The molecule has 1 rings (SSSR count). The zero-order chi connectivity index (χ0) is 12.1. The Morgan fingerprint density at radius 2 is 1.62 bits per heavy atom. The van der Waals surface area contributed by atoms with Gasteiger partial charge in [-0.3, -0.25) is 14.6 Å². The molecule has 1 fully saturated rings. The molecular weight excluding hydrogens is 202 g/mol. The van der Waals surface area contributed by atoms with Crippen LogP contribution in [-0.2, 0) is 4.79 Å². The summed E-state index contributed by atoms with van der Waals surface area (Å²) < 4.78 is 0. The van der Waals surface area contributed by atoms with Crippen molar-refractivity contribution in [2.24, 2.45) is 5.73 Å². The summed E-state index contributed by atoms with van der Waals surface area (Å²) in [5.41, 5.74) is 5.40. The highest BCUT2D eigenvalue weighted by atomic mass is 16.1. The fourth-order valence-corrected chi connectivity index (χ4v) is 2.39. The summed E-state index contributed by atoms with van der Waals surface area (Å²) in [7, 11) is 0. The standard InChI is InChI=1S/C12H25N3O/c1-4-10(3)14-6-8-15(9-7-14)11(5-2)12(13)16/h10-11H,4-9H2,1-3H3,(H2,13,16). The number of hydrogen-bond acceptors (Lipinski definition) is 3. The number of amides is 1. The second-order valence-electron chi connectivity index (χ2n) is 4.66. The van der Waals surface area contributed by atoms with Crippen LogP contribution in [0.2, 0.25) is 0 Å². The quantitative estimate of drug-likeness (QED) is 0.751. The summed E-state index contributed by atoms with van der Waals surface area (Å²) in [6, 6.07) is 0.579. The number of nitrogens with zero attached hydrogens (tertiary/aromatic N) is 2. The molecule has 1 saturated heterocycles. The summed E-state index contributed by atoms with van der Waals surface area (Å²) >= 11 is 0. The van der Waals surface area contributed by atoms with Gasteiger partial charge in [-0.15, -0.1) is 0 Å². The van der Waals surface area contributed by atoms with Crippen molar-refractivity contribution in [2.45, 2.75) is 45.7 Å². The number of hydrogen-bond donors (Lipinski definition) is 1. The highest BCUT2D eigenvalue weighted by Gasteiger charge is 2.27. The van der Waals surface area contributed by atoms with Crippen molar-refractivity contribution in [3.63, 3.8) is 0 Å². The van der Waals surface area contributed by atoms with E-state index in [9.17, 15) is 4.79 Å². The Morgan fingerprint density at radius 3 is 2.00 bits per heavy atom. The van der Waals surface area contributed by atoms with Crippen LogP contribution in [0.1, 0.15) is 33.6 Å². The van der Waals surface area contributed by atoms with E-state index in [1.54, 1.807) is 0 Å². The van der Waals surface area contributed by atoms with E-state index in [4.69, 9.17) is 5.73 Å². The lowest BCUT2D eigenvalue weighted by Crippen LogP contribution is -2.55. The molecule has 0 saturated carbocycles. The van der Waals surface area contributed by atoms with Crippen molar-refractivity contribution in [2.75, 3.05) is 26.2 Å². The summed E-state index contributed by atoms with van der Waals surface area (Å²) in [5, 5.41) is 0. The molecule has 2 N–H and O–H groups in total. The fraction of sp³-hybridized carbons (Fsp3) is 0.917. The van der Waals surface area contributed by atoms with Gasteiger partial charge in [0.1, 0.15) is 0 Å². The average Bonchev–Trinajstić information content (AvgIpc) is 2.29. The molecule has 1 heterocycles. The molecule has 4 nitrogen and oxygen atoms in total. The molecule has 0 bridgehead atoms. The zero-order valence-electron chi connectivity index (χ0n) is 10.8. The average molecular weight is 227 g/mol.